The van der Waals surface area contributed by atoms with Crippen LogP contribution in [-0.2, 0) is 19.8 Å². The van der Waals surface area contributed by atoms with E-state index in [0.717, 1.165) is 13.0 Å². The van der Waals surface area contributed by atoms with E-state index in [1.54, 1.807) is 26.0 Å². The minimum Gasteiger partial charge on any atom is -0.311 e. The average Bonchev–Trinajstić information content (AvgIpc) is 2.56. The molecule has 1 aliphatic rings. The Balaban J connectivity index is 2.16. The van der Waals surface area contributed by atoms with Crippen LogP contribution in [0.2, 0.25) is 0 Å². The first kappa shape index (κ1) is 19.9. The number of piperidine rings is 1. The van der Waals surface area contributed by atoms with Crippen LogP contribution in [0.15, 0.2) is 23.0 Å². The zero-order valence-corrected chi connectivity index (χ0v) is 15.7. The van der Waals surface area contributed by atoms with E-state index in [-0.39, 0.29) is 16.5 Å². The second-order valence-corrected chi connectivity index (χ2v) is 7.63. The standard InChI is InChI=1S/C20H24F4N2O/c1-12(2)17-18(20(22,23)24)15-9-13(6-7-16(15)25(3)19(17)27)10-26-8-4-5-14(21)11-26/h6-7,9,12,14H,4-5,8,10-11H2,1-3H3/t14-/m0/s1. The Kier molecular flexibility index (Phi) is 5.34. The van der Waals surface area contributed by atoms with Gasteiger partial charge in [0.1, 0.15) is 6.17 Å². The van der Waals surface area contributed by atoms with Crippen molar-refractivity contribution >= 4 is 10.9 Å². The first-order valence-electron chi connectivity index (χ1n) is 9.18. The molecule has 1 aromatic carbocycles. The number of hydrogen-bond donors (Lipinski definition) is 0. The molecule has 148 valence electrons. The van der Waals surface area contributed by atoms with Crippen molar-refractivity contribution in [1.82, 2.24) is 9.47 Å². The summed E-state index contributed by atoms with van der Waals surface area (Å²) in [7, 11) is 1.49. The van der Waals surface area contributed by atoms with E-state index in [2.05, 4.69) is 0 Å². The summed E-state index contributed by atoms with van der Waals surface area (Å²) in [6.07, 6.45) is -4.24. The van der Waals surface area contributed by atoms with Gasteiger partial charge < -0.3 is 4.57 Å². The number of rotatable bonds is 3. The van der Waals surface area contributed by atoms with Gasteiger partial charge in [0, 0.05) is 31.1 Å². The van der Waals surface area contributed by atoms with E-state index in [9.17, 15) is 22.4 Å². The van der Waals surface area contributed by atoms with Gasteiger partial charge in [-0.1, -0.05) is 19.9 Å². The Morgan fingerprint density at radius 2 is 1.96 bits per heavy atom. The lowest BCUT2D eigenvalue weighted by Crippen LogP contribution is -2.35. The third-order valence-corrected chi connectivity index (χ3v) is 5.21. The third-order valence-electron chi connectivity index (χ3n) is 5.21. The average molecular weight is 384 g/mol. The topological polar surface area (TPSA) is 25.2 Å². The zero-order chi connectivity index (χ0) is 19.9. The van der Waals surface area contributed by atoms with E-state index in [1.165, 1.54) is 17.7 Å². The van der Waals surface area contributed by atoms with Crippen LogP contribution in [0.4, 0.5) is 17.6 Å². The number of fused-ring (bicyclic) bond motifs is 1. The van der Waals surface area contributed by atoms with Gasteiger partial charge in [0.25, 0.3) is 5.56 Å². The number of aryl methyl sites for hydroxylation is 1. The molecule has 0 unspecified atom stereocenters. The van der Waals surface area contributed by atoms with Crippen molar-refractivity contribution in [2.24, 2.45) is 7.05 Å². The third kappa shape index (κ3) is 3.88. The van der Waals surface area contributed by atoms with Crippen molar-refractivity contribution in [3.8, 4) is 0 Å². The summed E-state index contributed by atoms with van der Waals surface area (Å²) < 4.78 is 56.6. The predicted octanol–water partition coefficient (Wildman–Crippen LogP) is 4.61. The molecule has 0 saturated carbocycles. The normalized spacial score (nSPS) is 19.2. The maximum Gasteiger partial charge on any atom is 0.417 e. The van der Waals surface area contributed by atoms with Crippen LogP contribution in [0.3, 0.4) is 0 Å². The van der Waals surface area contributed by atoms with Gasteiger partial charge in [-0.2, -0.15) is 13.2 Å². The minimum absolute atomic E-state index is 0.0274. The van der Waals surface area contributed by atoms with Crippen LogP contribution in [0.5, 0.6) is 0 Å². The predicted molar refractivity (Wildman–Crippen MR) is 97.7 cm³/mol. The Hall–Kier alpha value is -1.89. The number of aromatic nitrogens is 1. The van der Waals surface area contributed by atoms with Crippen LogP contribution in [0, 0.1) is 0 Å². The first-order valence-corrected chi connectivity index (χ1v) is 9.18. The van der Waals surface area contributed by atoms with Crippen molar-refractivity contribution in [2.45, 2.75) is 51.5 Å². The highest BCUT2D eigenvalue weighted by Crippen LogP contribution is 2.38. The van der Waals surface area contributed by atoms with E-state index in [1.807, 2.05) is 4.90 Å². The van der Waals surface area contributed by atoms with Crippen molar-refractivity contribution in [1.29, 1.82) is 0 Å². The fraction of sp³-hybridized carbons (Fsp3) is 0.550. The number of nitrogens with zero attached hydrogens (tertiary/aromatic N) is 2. The van der Waals surface area contributed by atoms with Crippen LogP contribution in [0.1, 0.15) is 49.3 Å². The number of likely N-dealkylation sites (tertiary alicyclic amines) is 1. The lowest BCUT2D eigenvalue weighted by Gasteiger charge is -2.29. The molecule has 1 atom stereocenters. The molecule has 1 saturated heterocycles. The van der Waals surface area contributed by atoms with Crippen molar-refractivity contribution in [3.63, 3.8) is 0 Å². The van der Waals surface area contributed by atoms with Crippen molar-refractivity contribution in [3.05, 3.63) is 45.2 Å². The summed E-state index contributed by atoms with van der Waals surface area (Å²) in [6.45, 7) is 4.62. The van der Waals surface area contributed by atoms with Crippen molar-refractivity contribution in [2.75, 3.05) is 13.1 Å². The molecule has 0 radical (unpaired) electrons. The van der Waals surface area contributed by atoms with E-state index in [4.69, 9.17) is 0 Å². The smallest absolute Gasteiger partial charge is 0.311 e. The maximum absolute atomic E-state index is 13.9. The lowest BCUT2D eigenvalue weighted by atomic mass is 9.93. The number of benzene rings is 1. The van der Waals surface area contributed by atoms with Crippen LogP contribution in [0.25, 0.3) is 10.9 Å². The highest BCUT2D eigenvalue weighted by Gasteiger charge is 2.38. The molecule has 0 N–H and O–H groups in total. The molecule has 2 heterocycles. The number of pyridine rings is 1. The second-order valence-electron chi connectivity index (χ2n) is 7.63. The van der Waals surface area contributed by atoms with E-state index >= 15 is 0 Å². The first-order chi connectivity index (χ1) is 12.6. The summed E-state index contributed by atoms with van der Waals surface area (Å²) >= 11 is 0. The van der Waals surface area contributed by atoms with Gasteiger partial charge in [0.15, 0.2) is 0 Å². The quantitative estimate of drug-likeness (QED) is 0.722. The number of hydrogen-bond acceptors (Lipinski definition) is 2. The zero-order valence-electron chi connectivity index (χ0n) is 15.7. The highest BCUT2D eigenvalue weighted by molar-refractivity contribution is 5.85. The number of halogens is 4. The summed E-state index contributed by atoms with van der Waals surface area (Å²) in [5, 5.41) is 0.0274. The molecule has 7 heteroatoms. The molecule has 0 amide bonds. The summed E-state index contributed by atoms with van der Waals surface area (Å²) in [4.78, 5) is 14.5. The molecule has 0 aliphatic carbocycles. The van der Waals surface area contributed by atoms with Gasteiger partial charge in [-0.15, -0.1) is 0 Å². The molecular formula is C20H24F4N2O. The van der Waals surface area contributed by atoms with Crippen LogP contribution < -0.4 is 5.56 Å². The Morgan fingerprint density at radius 3 is 2.56 bits per heavy atom. The molecule has 0 spiro atoms. The second kappa shape index (κ2) is 7.26. The van der Waals surface area contributed by atoms with Gasteiger partial charge in [0.2, 0.25) is 0 Å². The summed E-state index contributed by atoms with van der Waals surface area (Å²) in [6, 6.07) is 4.78. The Bertz CT molecular complexity index is 901. The molecule has 3 rings (SSSR count). The van der Waals surface area contributed by atoms with Gasteiger partial charge in [-0.3, -0.25) is 9.69 Å². The molecule has 0 bridgehead atoms. The fourth-order valence-corrected chi connectivity index (χ4v) is 3.96. The molecular weight excluding hydrogens is 360 g/mol. The van der Waals surface area contributed by atoms with E-state index in [0.29, 0.717) is 25.1 Å². The van der Waals surface area contributed by atoms with Crippen molar-refractivity contribution < 1.29 is 17.6 Å². The minimum atomic E-state index is -4.63. The van der Waals surface area contributed by atoms with Gasteiger partial charge >= 0.3 is 6.18 Å². The van der Waals surface area contributed by atoms with Gasteiger partial charge in [0.05, 0.1) is 11.1 Å². The molecule has 27 heavy (non-hydrogen) atoms. The summed E-state index contributed by atoms with van der Waals surface area (Å²) in [5.74, 6) is -0.553. The van der Waals surface area contributed by atoms with Gasteiger partial charge in [-0.25, -0.2) is 4.39 Å². The van der Waals surface area contributed by atoms with E-state index < -0.39 is 29.4 Å². The molecule has 1 aliphatic heterocycles. The van der Waals surface area contributed by atoms with Gasteiger partial charge in [-0.05, 0) is 43.0 Å². The highest BCUT2D eigenvalue weighted by atomic mass is 19.4. The molecule has 1 fully saturated rings. The molecule has 2 aromatic rings. The Labute approximate surface area is 155 Å². The maximum atomic E-state index is 13.9. The Morgan fingerprint density at radius 1 is 1.26 bits per heavy atom. The SMILES string of the molecule is CC(C)c1c(C(F)(F)F)c2cc(CN3CCC[C@H](F)C3)ccc2n(C)c1=O. The number of alkyl halides is 4. The summed E-state index contributed by atoms with van der Waals surface area (Å²) in [5.41, 5.74) is -0.734. The van der Waals surface area contributed by atoms with Crippen LogP contribution in [-0.4, -0.2) is 28.7 Å². The largest absolute Gasteiger partial charge is 0.417 e. The molecule has 1 aromatic heterocycles. The monoisotopic (exact) mass is 384 g/mol. The fourth-order valence-electron chi connectivity index (χ4n) is 3.96. The van der Waals surface area contributed by atoms with Crippen LogP contribution >= 0.6 is 0 Å². The molecule has 3 nitrogen and oxygen atoms in total. The lowest BCUT2D eigenvalue weighted by molar-refractivity contribution is -0.137.